The van der Waals surface area contributed by atoms with Gasteiger partial charge in [-0.05, 0) is 43.9 Å². The molecule has 0 aromatic heterocycles. The summed E-state index contributed by atoms with van der Waals surface area (Å²) in [5, 5.41) is 8.93. The monoisotopic (exact) mass is 306 g/mol. The quantitative estimate of drug-likeness (QED) is 0.528. The van der Waals surface area contributed by atoms with Crippen molar-refractivity contribution in [2.75, 3.05) is 18.9 Å². The van der Waals surface area contributed by atoms with Crippen molar-refractivity contribution in [1.82, 2.24) is 4.72 Å². The number of sulfonamides is 1. The molecule has 7 heteroatoms. The van der Waals surface area contributed by atoms with Gasteiger partial charge in [-0.15, -0.1) is 0 Å². The first-order valence-corrected chi connectivity index (χ1v) is 7.90. The second kappa shape index (κ2) is 7.09. The van der Waals surface area contributed by atoms with Crippen LogP contribution in [0.4, 0.5) is 5.69 Å². The Morgan fingerprint density at radius 3 is 2.63 bits per heavy atom. The van der Waals surface area contributed by atoms with Crippen LogP contribution in [0.1, 0.15) is 24.8 Å². The summed E-state index contributed by atoms with van der Waals surface area (Å²) in [7, 11) is -3.60. The summed E-state index contributed by atoms with van der Waals surface area (Å²) in [6.07, 6.45) is 2.12. The van der Waals surface area contributed by atoms with Crippen LogP contribution in [0.2, 0.25) is 5.02 Å². The molecule has 0 saturated carbocycles. The molecule has 1 aromatic rings. The van der Waals surface area contributed by atoms with Crippen LogP contribution >= 0.6 is 11.6 Å². The standard InChI is InChI=1S/C12H19ClN2O3S/c1-9-11(14)7-10(13)8-12(9)19(17,18)15-5-3-2-4-6-16/h7-8,15-16H,2-6,14H2,1H3. The van der Waals surface area contributed by atoms with E-state index in [0.29, 0.717) is 35.7 Å². The van der Waals surface area contributed by atoms with Gasteiger partial charge < -0.3 is 10.8 Å². The SMILES string of the molecule is Cc1c(N)cc(Cl)cc1S(=O)(=O)NCCCCCO. The van der Waals surface area contributed by atoms with E-state index < -0.39 is 10.0 Å². The Bertz CT molecular complexity index is 532. The van der Waals surface area contributed by atoms with Gasteiger partial charge in [0.15, 0.2) is 0 Å². The largest absolute Gasteiger partial charge is 0.398 e. The minimum atomic E-state index is -3.60. The Balaban J connectivity index is 2.78. The minimum absolute atomic E-state index is 0.111. The van der Waals surface area contributed by atoms with Gasteiger partial charge in [-0.2, -0.15) is 0 Å². The summed E-state index contributed by atoms with van der Waals surface area (Å²) in [5.41, 5.74) is 6.56. The van der Waals surface area contributed by atoms with Gasteiger partial charge in [0.05, 0.1) is 4.90 Å². The number of anilines is 1. The van der Waals surface area contributed by atoms with Crippen LogP contribution in [0.15, 0.2) is 17.0 Å². The van der Waals surface area contributed by atoms with Crippen molar-refractivity contribution in [2.45, 2.75) is 31.1 Å². The van der Waals surface area contributed by atoms with E-state index in [1.165, 1.54) is 12.1 Å². The number of benzene rings is 1. The lowest BCUT2D eigenvalue weighted by Gasteiger charge is -2.11. The molecule has 1 rings (SSSR count). The Morgan fingerprint density at radius 1 is 1.32 bits per heavy atom. The molecule has 5 nitrogen and oxygen atoms in total. The lowest BCUT2D eigenvalue weighted by atomic mass is 10.2. The third-order valence-corrected chi connectivity index (χ3v) is 4.59. The maximum atomic E-state index is 12.1. The summed E-state index contributed by atoms with van der Waals surface area (Å²) in [6.45, 7) is 2.09. The van der Waals surface area contributed by atoms with Crippen molar-refractivity contribution in [1.29, 1.82) is 0 Å². The third kappa shape index (κ3) is 4.65. The number of aliphatic hydroxyl groups excluding tert-OH is 1. The molecule has 0 unspecified atom stereocenters. The molecule has 0 saturated heterocycles. The zero-order valence-corrected chi connectivity index (χ0v) is 12.4. The molecule has 0 aliphatic heterocycles. The van der Waals surface area contributed by atoms with Gasteiger partial charge in [0.25, 0.3) is 0 Å². The van der Waals surface area contributed by atoms with Crippen molar-refractivity contribution in [2.24, 2.45) is 0 Å². The molecule has 0 fully saturated rings. The second-order valence-electron chi connectivity index (χ2n) is 4.30. The fourth-order valence-corrected chi connectivity index (χ4v) is 3.31. The average Bonchev–Trinajstić information content (AvgIpc) is 2.33. The number of aliphatic hydroxyl groups is 1. The fourth-order valence-electron chi connectivity index (χ4n) is 1.65. The number of rotatable bonds is 7. The predicted molar refractivity (Wildman–Crippen MR) is 76.7 cm³/mol. The van der Waals surface area contributed by atoms with E-state index in [1.54, 1.807) is 6.92 Å². The van der Waals surface area contributed by atoms with E-state index in [-0.39, 0.29) is 11.5 Å². The van der Waals surface area contributed by atoms with Gasteiger partial charge in [0.2, 0.25) is 10.0 Å². The van der Waals surface area contributed by atoms with Crippen LogP contribution in [-0.2, 0) is 10.0 Å². The predicted octanol–water partition coefficient (Wildman–Crippen LogP) is 1.67. The first-order chi connectivity index (χ1) is 8.88. The molecule has 108 valence electrons. The van der Waals surface area contributed by atoms with E-state index in [4.69, 9.17) is 22.4 Å². The third-order valence-electron chi connectivity index (χ3n) is 2.78. The highest BCUT2D eigenvalue weighted by atomic mass is 35.5. The van der Waals surface area contributed by atoms with Gasteiger partial charge in [0.1, 0.15) is 0 Å². The van der Waals surface area contributed by atoms with Crippen molar-refractivity contribution >= 4 is 27.3 Å². The lowest BCUT2D eigenvalue weighted by Crippen LogP contribution is -2.25. The number of unbranched alkanes of at least 4 members (excludes halogenated alkanes) is 2. The Hall–Kier alpha value is -0.820. The minimum Gasteiger partial charge on any atom is -0.398 e. The first-order valence-electron chi connectivity index (χ1n) is 6.04. The highest BCUT2D eigenvalue weighted by Crippen LogP contribution is 2.25. The number of hydrogen-bond donors (Lipinski definition) is 3. The van der Waals surface area contributed by atoms with Gasteiger partial charge in [0, 0.05) is 23.9 Å². The molecule has 1 aromatic carbocycles. The van der Waals surface area contributed by atoms with Gasteiger partial charge in [-0.25, -0.2) is 13.1 Å². The summed E-state index contributed by atoms with van der Waals surface area (Å²) < 4.78 is 26.7. The highest BCUT2D eigenvalue weighted by molar-refractivity contribution is 7.89. The molecule has 0 bridgehead atoms. The van der Waals surface area contributed by atoms with Crippen LogP contribution in [0, 0.1) is 6.92 Å². The van der Waals surface area contributed by atoms with Crippen LogP contribution in [-0.4, -0.2) is 26.7 Å². The number of halogens is 1. The van der Waals surface area contributed by atoms with Crippen molar-refractivity contribution in [3.63, 3.8) is 0 Å². The van der Waals surface area contributed by atoms with E-state index in [9.17, 15) is 8.42 Å². The molecular formula is C12H19ClN2O3S. The average molecular weight is 307 g/mol. The number of nitrogen functional groups attached to an aromatic ring is 1. The van der Waals surface area contributed by atoms with Gasteiger partial charge in [-0.1, -0.05) is 11.6 Å². The molecule has 4 N–H and O–H groups in total. The van der Waals surface area contributed by atoms with Crippen molar-refractivity contribution in [3.05, 3.63) is 22.7 Å². The number of nitrogens with two attached hydrogens (primary N) is 1. The zero-order chi connectivity index (χ0) is 14.5. The molecule has 0 aliphatic carbocycles. The van der Waals surface area contributed by atoms with Crippen molar-refractivity contribution in [3.8, 4) is 0 Å². The van der Waals surface area contributed by atoms with Crippen LogP contribution in [0.25, 0.3) is 0 Å². The summed E-state index contributed by atoms with van der Waals surface area (Å²) in [5.74, 6) is 0. The zero-order valence-electron chi connectivity index (χ0n) is 10.8. The Labute approximate surface area is 118 Å². The van der Waals surface area contributed by atoms with Gasteiger partial charge in [-0.3, -0.25) is 0 Å². The van der Waals surface area contributed by atoms with Crippen LogP contribution in [0.5, 0.6) is 0 Å². The Morgan fingerprint density at radius 2 is 2.00 bits per heavy atom. The topological polar surface area (TPSA) is 92.4 Å². The van der Waals surface area contributed by atoms with Crippen LogP contribution in [0.3, 0.4) is 0 Å². The van der Waals surface area contributed by atoms with E-state index in [2.05, 4.69) is 4.72 Å². The molecule has 19 heavy (non-hydrogen) atoms. The maximum Gasteiger partial charge on any atom is 0.240 e. The first kappa shape index (κ1) is 16.2. The summed E-state index contributed by atoms with van der Waals surface area (Å²) >= 11 is 5.83. The maximum absolute atomic E-state index is 12.1. The van der Waals surface area contributed by atoms with E-state index >= 15 is 0 Å². The lowest BCUT2D eigenvalue weighted by molar-refractivity contribution is 0.283. The molecule has 0 spiro atoms. The summed E-state index contributed by atoms with van der Waals surface area (Å²) in [4.78, 5) is 0.111. The van der Waals surface area contributed by atoms with Gasteiger partial charge >= 0.3 is 0 Å². The normalized spacial score (nSPS) is 11.7. The number of nitrogens with one attached hydrogen (secondary N) is 1. The van der Waals surface area contributed by atoms with Crippen LogP contribution < -0.4 is 10.5 Å². The molecule has 0 aliphatic rings. The molecule has 0 radical (unpaired) electrons. The second-order valence-corrected chi connectivity index (χ2v) is 6.47. The van der Waals surface area contributed by atoms with Crippen molar-refractivity contribution < 1.29 is 13.5 Å². The number of hydrogen-bond acceptors (Lipinski definition) is 4. The molecule has 0 atom stereocenters. The Kier molecular flexibility index (Phi) is 6.06. The molecule has 0 heterocycles. The van der Waals surface area contributed by atoms with E-state index in [0.717, 1.165) is 6.42 Å². The van der Waals surface area contributed by atoms with E-state index in [1.807, 2.05) is 0 Å². The smallest absolute Gasteiger partial charge is 0.240 e. The fraction of sp³-hybridized carbons (Fsp3) is 0.500. The molecular weight excluding hydrogens is 288 g/mol. The summed E-state index contributed by atoms with van der Waals surface area (Å²) in [6, 6.07) is 2.92. The molecule has 0 amide bonds. The highest BCUT2D eigenvalue weighted by Gasteiger charge is 2.18.